The first-order chi connectivity index (χ1) is 23.1. The molecule has 0 radical (unpaired) electrons. The summed E-state index contributed by atoms with van der Waals surface area (Å²) < 4.78 is 9.93. The largest absolute Gasteiger partial charge is 0.458 e. The van der Waals surface area contributed by atoms with Gasteiger partial charge in [-0.3, -0.25) is 0 Å². The number of thiophene rings is 1. The molecule has 50 heavy (non-hydrogen) atoms. The molecule has 0 saturated carbocycles. The number of ether oxygens (including phenoxy) is 1. The van der Waals surface area contributed by atoms with Gasteiger partial charge in [0.25, 0.3) is 6.71 Å². The van der Waals surface area contributed by atoms with E-state index in [2.05, 4.69) is 162 Å². The molecule has 5 aromatic rings. The molecule has 1 aromatic heterocycles. The van der Waals surface area contributed by atoms with E-state index in [0.29, 0.717) is 0 Å². The van der Waals surface area contributed by atoms with Crippen molar-refractivity contribution in [1.29, 1.82) is 0 Å². The Morgan fingerprint density at radius 2 is 1.22 bits per heavy atom. The Labute approximate surface area is 305 Å². The van der Waals surface area contributed by atoms with Gasteiger partial charge in [-0.05, 0) is 121 Å². The van der Waals surface area contributed by atoms with Crippen molar-refractivity contribution < 1.29 is 4.74 Å². The van der Waals surface area contributed by atoms with Crippen LogP contribution < -0.4 is 25.3 Å². The molecule has 4 aromatic carbocycles. The van der Waals surface area contributed by atoms with Crippen LogP contribution in [-0.4, -0.2) is 6.71 Å². The van der Waals surface area contributed by atoms with Crippen molar-refractivity contribution >= 4 is 60.9 Å². The predicted molar refractivity (Wildman–Crippen MR) is 219 cm³/mol. The summed E-state index contributed by atoms with van der Waals surface area (Å²) in [6.07, 6.45) is 2.37. The second-order valence-electron chi connectivity index (χ2n) is 19.8. The van der Waals surface area contributed by atoms with Crippen LogP contribution in [0.15, 0.2) is 66.7 Å². The quantitative estimate of drug-likeness (QED) is 0.160. The molecule has 0 amide bonds. The average Bonchev–Trinajstić information content (AvgIpc) is 3.40. The second-order valence-corrected chi connectivity index (χ2v) is 20.9. The Morgan fingerprint density at radius 3 is 1.82 bits per heavy atom. The van der Waals surface area contributed by atoms with Crippen molar-refractivity contribution in [2.24, 2.45) is 0 Å². The van der Waals surface area contributed by atoms with Gasteiger partial charge in [-0.2, -0.15) is 0 Å². The molecule has 0 N–H and O–H groups in total. The highest BCUT2D eigenvalue weighted by Gasteiger charge is 2.47. The van der Waals surface area contributed by atoms with Gasteiger partial charge in [0.1, 0.15) is 11.5 Å². The van der Waals surface area contributed by atoms with Gasteiger partial charge >= 0.3 is 0 Å². The van der Waals surface area contributed by atoms with E-state index in [-0.39, 0.29) is 33.8 Å². The van der Waals surface area contributed by atoms with Crippen LogP contribution in [0.3, 0.4) is 0 Å². The number of benzene rings is 4. The smallest absolute Gasteiger partial charge is 0.268 e. The third-order valence-electron chi connectivity index (χ3n) is 12.1. The first kappa shape index (κ1) is 33.6. The molecule has 0 unspecified atom stereocenters. The highest BCUT2D eigenvalue weighted by molar-refractivity contribution is 7.33. The highest BCUT2D eigenvalue weighted by Crippen LogP contribution is 2.51. The van der Waals surface area contributed by atoms with Crippen molar-refractivity contribution in [3.05, 3.63) is 94.5 Å². The zero-order valence-corrected chi connectivity index (χ0v) is 33.4. The van der Waals surface area contributed by atoms with Crippen molar-refractivity contribution in [2.75, 3.05) is 4.90 Å². The topological polar surface area (TPSA) is 12.5 Å². The Morgan fingerprint density at radius 1 is 0.640 bits per heavy atom. The number of hydrogen-bond acceptors (Lipinski definition) is 3. The number of rotatable bonds is 1. The first-order valence-corrected chi connectivity index (χ1v) is 19.5. The molecule has 1 aliphatic carbocycles. The fourth-order valence-electron chi connectivity index (χ4n) is 8.57. The lowest BCUT2D eigenvalue weighted by Gasteiger charge is -2.44. The minimum Gasteiger partial charge on any atom is -0.458 e. The Hall–Kier alpha value is -3.50. The molecule has 2 nitrogen and oxygen atoms in total. The molecule has 3 heterocycles. The monoisotopic (exact) mass is 679 g/mol. The fourth-order valence-corrected chi connectivity index (χ4v) is 9.87. The SMILES string of the molecule is CC(C)(C)c1ccc(N2c3cc(C(C)(C)C)cc4c3B(c3cc5c(cc3O4)C(C)(C)CCC5(C)C)c3sc4ccc(C(C)(C)C)cc4c32)cc1. The molecule has 0 saturated heterocycles. The van der Waals surface area contributed by atoms with Gasteiger partial charge in [0.2, 0.25) is 0 Å². The van der Waals surface area contributed by atoms with Crippen molar-refractivity contribution in [3.8, 4) is 11.5 Å². The minimum absolute atomic E-state index is 0.0457. The summed E-state index contributed by atoms with van der Waals surface area (Å²) in [6, 6.07) is 26.4. The van der Waals surface area contributed by atoms with E-state index in [9.17, 15) is 0 Å². The zero-order chi connectivity index (χ0) is 35.9. The third kappa shape index (κ3) is 5.10. The molecule has 4 heteroatoms. The third-order valence-corrected chi connectivity index (χ3v) is 13.3. The van der Waals surface area contributed by atoms with Gasteiger partial charge in [-0.15, -0.1) is 11.3 Å². The van der Waals surface area contributed by atoms with E-state index in [1.165, 1.54) is 83.5 Å². The van der Waals surface area contributed by atoms with Crippen LogP contribution in [0.1, 0.15) is 131 Å². The van der Waals surface area contributed by atoms with Gasteiger partial charge in [0.05, 0.1) is 5.69 Å². The molecule has 8 rings (SSSR count). The van der Waals surface area contributed by atoms with E-state index < -0.39 is 0 Å². The number of anilines is 3. The first-order valence-electron chi connectivity index (χ1n) is 18.7. The standard InChI is InChI=1S/C46H54BNOS/c1-42(2,3)27-14-17-30(18-15-27)48-35-23-29(44(7,8)9)24-37-39(35)47(41-40(48)31-22-28(43(4,5)6)16-19-38(31)50-41)34-25-32-33(26-36(34)49-37)46(12,13)21-20-45(32,10)11/h14-19,22-26H,20-21H2,1-13H3. The molecule has 0 bridgehead atoms. The molecular weight excluding hydrogens is 625 g/mol. The Balaban J connectivity index is 1.48. The summed E-state index contributed by atoms with van der Waals surface area (Å²) in [5.74, 6) is 2.04. The minimum atomic E-state index is -0.0509. The maximum Gasteiger partial charge on any atom is 0.268 e. The van der Waals surface area contributed by atoms with Crippen LogP contribution in [0.4, 0.5) is 17.1 Å². The van der Waals surface area contributed by atoms with Gasteiger partial charge in [-0.1, -0.05) is 114 Å². The van der Waals surface area contributed by atoms with Crippen LogP contribution in [-0.2, 0) is 27.1 Å². The maximum atomic E-state index is 7.17. The van der Waals surface area contributed by atoms with Crippen molar-refractivity contribution in [3.63, 3.8) is 0 Å². The maximum absolute atomic E-state index is 7.17. The van der Waals surface area contributed by atoms with Gasteiger partial charge in [0, 0.05) is 26.2 Å². The molecule has 0 fully saturated rings. The summed E-state index contributed by atoms with van der Waals surface area (Å²) in [7, 11) is 0. The van der Waals surface area contributed by atoms with E-state index in [1.54, 1.807) is 0 Å². The highest BCUT2D eigenvalue weighted by atomic mass is 32.1. The summed E-state index contributed by atoms with van der Waals surface area (Å²) in [6.45, 7) is 30.6. The number of fused-ring (bicyclic) bond motifs is 7. The van der Waals surface area contributed by atoms with Crippen molar-refractivity contribution in [2.45, 2.75) is 130 Å². The molecular formula is C46H54BNOS. The second kappa shape index (κ2) is 10.5. The van der Waals surface area contributed by atoms with Crippen LogP contribution in [0.2, 0.25) is 0 Å². The summed E-state index contributed by atoms with van der Waals surface area (Å²) in [5.41, 5.74) is 13.6. The number of hydrogen-bond donors (Lipinski definition) is 0. The Bertz CT molecular complexity index is 2200. The van der Waals surface area contributed by atoms with Crippen LogP contribution in [0, 0.1) is 0 Å². The average molecular weight is 680 g/mol. The number of nitrogens with zero attached hydrogens (tertiary/aromatic N) is 1. The Kier molecular flexibility index (Phi) is 7.09. The van der Waals surface area contributed by atoms with Crippen LogP contribution in [0.5, 0.6) is 11.5 Å². The summed E-state index contributed by atoms with van der Waals surface area (Å²) in [5, 5.41) is 1.35. The molecule has 0 spiro atoms. The zero-order valence-electron chi connectivity index (χ0n) is 32.6. The lowest BCUT2D eigenvalue weighted by Crippen LogP contribution is -2.59. The van der Waals surface area contributed by atoms with Crippen LogP contribution in [0.25, 0.3) is 10.1 Å². The molecule has 2 aliphatic heterocycles. The van der Waals surface area contributed by atoms with Crippen LogP contribution >= 0.6 is 11.3 Å². The normalized spacial score (nSPS) is 17.5. The van der Waals surface area contributed by atoms with E-state index in [0.717, 1.165) is 11.5 Å². The molecule has 0 atom stereocenters. The molecule has 258 valence electrons. The fraction of sp³-hybridized carbons (Fsp3) is 0.435. The lowest BCUT2D eigenvalue weighted by molar-refractivity contribution is 0.330. The molecule has 3 aliphatic rings. The van der Waals surface area contributed by atoms with Crippen molar-refractivity contribution in [1.82, 2.24) is 0 Å². The predicted octanol–water partition coefficient (Wildman–Crippen LogP) is 11.5. The summed E-state index contributed by atoms with van der Waals surface area (Å²) in [4.78, 5) is 2.58. The van der Waals surface area contributed by atoms with Gasteiger partial charge in [0.15, 0.2) is 0 Å². The van der Waals surface area contributed by atoms with Gasteiger partial charge in [-0.25, -0.2) is 0 Å². The lowest BCUT2D eigenvalue weighted by atomic mass is 9.36. The van der Waals surface area contributed by atoms with Gasteiger partial charge < -0.3 is 9.64 Å². The van der Waals surface area contributed by atoms with E-state index in [4.69, 9.17) is 4.74 Å². The van der Waals surface area contributed by atoms with E-state index >= 15 is 0 Å². The summed E-state index contributed by atoms with van der Waals surface area (Å²) >= 11 is 1.98. The van der Waals surface area contributed by atoms with E-state index in [1.807, 2.05) is 11.3 Å².